The number of ether oxygens (including phenoxy) is 1. The van der Waals surface area contributed by atoms with Crippen LogP contribution in [0.25, 0.3) is 0 Å². The molecule has 1 aromatic carbocycles. The Balaban J connectivity index is 2.07. The number of nitrogens with zero attached hydrogens (tertiary/aromatic N) is 1. The molecule has 5 nitrogen and oxygen atoms in total. The first-order valence-electron chi connectivity index (χ1n) is 5.66. The fourth-order valence-electron chi connectivity index (χ4n) is 2.34. The van der Waals surface area contributed by atoms with E-state index in [0.717, 1.165) is 11.0 Å². The number of anilines is 2. The van der Waals surface area contributed by atoms with Crippen LogP contribution in [0, 0.1) is 5.82 Å². The lowest BCUT2D eigenvalue weighted by atomic mass is 10.2. The number of nitrogen functional groups attached to an aromatic ring is 1. The molecule has 3 rings (SSSR count). The molecule has 2 N–H and O–H groups in total. The van der Waals surface area contributed by atoms with E-state index in [2.05, 4.69) is 0 Å². The first kappa shape index (κ1) is 11.2. The van der Waals surface area contributed by atoms with Crippen molar-refractivity contribution in [3.8, 4) is 0 Å². The number of hydrogen-bond acceptors (Lipinski definition) is 4. The zero-order chi connectivity index (χ0) is 12.9. The number of halogens is 1. The molecular formula is C12H11FN2O3. The second-order valence-electron chi connectivity index (χ2n) is 4.41. The predicted octanol–water partition coefficient (Wildman–Crippen LogP) is 0.829. The van der Waals surface area contributed by atoms with E-state index >= 15 is 0 Å². The zero-order valence-corrected chi connectivity index (χ0v) is 9.43. The lowest BCUT2D eigenvalue weighted by molar-refractivity contribution is -0.146. The fourth-order valence-corrected chi connectivity index (χ4v) is 2.34. The Morgan fingerprint density at radius 1 is 1.22 bits per heavy atom. The van der Waals surface area contributed by atoms with Gasteiger partial charge >= 0.3 is 0 Å². The van der Waals surface area contributed by atoms with Gasteiger partial charge in [0.05, 0.1) is 11.4 Å². The van der Waals surface area contributed by atoms with Gasteiger partial charge in [0, 0.05) is 6.07 Å². The number of rotatable bonds is 1. The molecule has 2 heterocycles. The average Bonchev–Trinajstić information content (AvgIpc) is 2.78. The minimum atomic E-state index is -0.615. The highest BCUT2D eigenvalue weighted by molar-refractivity contribution is 6.21. The molecule has 2 bridgehead atoms. The third kappa shape index (κ3) is 1.49. The molecule has 0 spiro atoms. The van der Waals surface area contributed by atoms with E-state index in [9.17, 15) is 14.0 Å². The number of fused-ring (bicyclic) bond motifs is 2. The molecule has 2 unspecified atom stereocenters. The highest BCUT2D eigenvalue weighted by Crippen LogP contribution is 2.34. The molecule has 2 fully saturated rings. The van der Waals surface area contributed by atoms with Crippen molar-refractivity contribution in [1.82, 2.24) is 0 Å². The molecule has 2 amide bonds. The van der Waals surface area contributed by atoms with Crippen molar-refractivity contribution in [2.24, 2.45) is 0 Å². The van der Waals surface area contributed by atoms with Crippen LogP contribution in [-0.4, -0.2) is 24.0 Å². The molecule has 2 saturated heterocycles. The summed E-state index contributed by atoms with van der Waals surface area (Å²) in [6.07, 6.45) is -0.201. The maximum absolute atomic E-state index is 13.2. The Bertz CT molecular complexity index is 524. The summed E-state index contributed by atoms with van der Waals surface area (Å²) in [5, 5.41) is 0. The third-order valence-corrected chi connectivity index (χ3v) is 3.24. The summed E-state index contributed by atoms with van der Waals surface area (Å²) in [5.41, 5.74) is 6.00. The second kappa shape index (κ2) is 3.78. The highest BCUT2D eigenvalue weighted by Gasteiger charge is 2.47. The highest BCUT2D eigenvalue weighted by atomic mass is 19.1. The van der Waals surface area contributed by atoms with Gasteiger partial charge in [0.15, 0.2) is 0 Å². The van der Waals surface area contributed by atoms with Crippen LogP contribution >= 0.6 is 0 Å². The van der Waals surface area contributed by atoms with Crippen LogP contribution < -0.4 is 10.6 Å². The van der Waals surface area contributed by atoms with Crippen molar-refractivity contribution in [3.63, 3.8) is 0 Å². The molecule has 18 heavy (non-hydrogen) atoms. The second-order valence-corrected chi connectivity index (χ2v) is 4.41. The van der Waals surface area contributed by atoms with Gasteiger partial charge in [-0.2, -0.15) is 0 Å². The summed E-state index contributed by atoms with van der Waals surface area (Å²) >= 11 is 0. The molecule has 2 aliphatic rings. The van der Waals surface area contributed by atoms with E-state index < -0.39 is 29.8 Å². The van der Waals surface area contributed by atoms with Gasteiger partial charge in [-0.25, -0.2) is 9.29 Å². The number of hydrogen-bond donors (Lipinski definition) is 1. The van der Waals surface area contributed by atoms with Gasteiger partial charge in [-0.05, 0) is 25.0 Å². The number of nitrogens with two attached hydrogens (primary N) is 1. The molecule has 0 aromatic heterocycles. The standard InChI is InChI=1S/C12H11FN2O3/c13-6-1-2-7(14)8(5-6)15-11(16)9-3-4-10(18-9)12(15)17/h1-2,5,9-10H,3-4,14H2. The van der Waals surface area contributed by atoms with E-state index in [4.69, 9.17) is 10.5 Å². The van der Waals surface area contributed by atoms with Crippen LogP contribution in [0.4, 0.5) is 15.8 Å². The quantitative estimate of drug-likeness (QED) is 0.592. The van der Waals surface area contributed by atoms with Crippen molar-refractivity contribution < 1.29 is 18.7 Å². The van der Waals surface area contributed by atoms with Crippen LogP contribution in [0.1, 0.15) is 12.8 Å². The van der Waals surface area contributed by atoms with Crippen molar-refractivity contribution in [1.29, 1.82) is 0 Å². The van der Waals surface area contributed by atoms with Crippen LogP contribution in [0.3, 0.4) is 0 Å². The molecule has 1 aromatic rings. The maximum Gasteiger partial charge on any atom is 0.263 e. The average molecular weight is 250 g/mol. The summed E-state index contributed by atoms with van der Waals surface area (Å²) < 4.78 is 18.5. The monoisotopic (exact) mass is 250 g/mol. The zero-order valence-electron chi connectivity index (χ0n) is 9.43. The van der Waals surface area contributed by atoms with E-state index in [1.165, 1.54) is 12.1 Å². The first-order valence-corrected chi connectivity index (χ1v) is 5.66. The molecule has 94 valence electrons. The Morgan fingerprint density at radius 2 is 1.83 bits per heavy atom. The minimum Gasteiger partial charge on any atom is -0.397 e. The molecule has 2 atom stereocenters. The number of imide groups is 1. The van der Waals surface area contributed by atoms with Crippen LogP contribution in [-0.2, 0) is 14.3 Å². The van der Waals surface area contributed by atoms with Crippen molar-refractivity contribution >= 4 is 23.2 Å². The van der Waals surface area contributed by atoms with Crippen molar-refractivity contribution in [2.45, 2.75) is 25.0 Å². The van der Waals surface area contributed by atoms with Gasteiger partial charge in [0.25, 0.3) is 11.8 Å². The summed E-state index contributed by atoms with van der Waals surface area (Å²) in [4.78, 5) is 25.1. The largest absolute Gasteiger partial charge is 0.397 e. The Labute approximate surface area is 102 Å². The smallest absolute Gasteiger partial charge is 0.263 e. The van der Waals surface area contributed by atoms with Crippen molar-refractivity contribution in [2.75, 3.05) is 10.6 Å². The normalized spacial score (nSPS) is 26.8. The Hall–Kier alpha value is -1.95. The molecule has 0 saturated carbocycles. The lowest BCUT2D eigenvalue weighted by Crippen LogP contribution is -2.52. The topological polar surface area (TPSA) is 72.6 Å². The third-order valence-electron chi connectivity index (χ3n) is 3.24. The molecule has 6 heteroatoms. The maximum atomic E-state index is 13.2. The van der Waals surface area contributed by atoms with E-state index in [1.807, 2.05) is 0 Å². The predicted molar refractivity (Wildman–Crippen MR) is 61.2 cm³/mol. The Kier molecular flexibility index (Phi) is 2.34. The van der Waals surface area contributed by atoms with Gasteiger partial charge in [0.1, 0.15) is 18.0 Å². The van der Waals surface area contributed by atoms with Gasteiger partial charge in [0.2, 0.25) is 0 Å². The molecular weight excluding hydrogens is 239 g/mol. The fraction of sp³-hybridized carbons (Fsp3) is 0.333. The molecule has 2 aliphatic heterocycles. The van der Waals surface area contributed by atoms with Crippen LogP contribution in [0.2, 0.25) is 0 Å². The van der Waals surface area contributed by atoms with E-state index in [1.54, 1.807) is 0 Å². The van der Waals surface area contributed by atoms with Crippen LogP contribution in [0.15, 0.2) is 18.2 Å². The summed E-state index contributed by atoms with van der Waals surface area (Å²) in [5.74, 6) is -1.48. The van der Waals surface area contributed by atoms with Gasteiger partial charge in [-0.3, -0.25) is 9.59 Å². The summed E-state index contributed by atoms with van der Waals surface area (Å²) in [7, 11) is 0. The van der Waals surface area contributed by atoms with Crippen LogP contribution in [0.5, 0.6) is 0 Å². The molecule has 0 radical (unpaired) electrons. The number of carbonyl (C=O) groups excluding carboxylic acids is 2. The van der Waals surface area contributed by atoms with E-state index in [-0.39, 0.29) is 11.4 Å². The summed E-state index contributed by atoms with van der Waals surface area (Å²) in [6.45, 7) is 0. The SMILES string of the molecule is Nc1ccc(F)cc1N1C(=O)C2CCC(O2)C1=O. The number of morpholine rings is 1. The number of carbonyl (C=O) groups is 2. The van der Waals surface area contributed by atoms with E-state index in [0.29, 0.717) is 12.8 Å². The minimum absolute atomic E-state index is 0.102. The van der Waals surface area contributed by atoms with Gasteiger partial charge in [-0.1, -0.05) is 0 Å². The first-order chi connectivity index (χ1) is 8.58. The lowest BCUT2D eigenvalue weighted by Gasteiger charge is -2.30. The van der Waals surface area contributed by atoms with Gasteiger partial charge in [-0.15, -0.1) is 0 Å². The molecule has 0 aliphatic carbocycles. The number of amides is 2. The summed E-state index contributed by atoms with van der Waals surface area (Å²) in [6, 6.07) is 3.61. The Morgan fingerprint density at radius 3 is 2.44 bits per heavy atom. The number of benzene rings is 1. The van der Waals surface area contributed by atoms with Crippen molar-refractivity contribution in [3.05, 3.63) is 24.0 Å². The van der Waals surface area contributed by atoms with Gasteiger partial charge < -0.3 is 10.5 Å².